The zero-order chi connectivity index (χ0) is 16.9. The largest absolute Gasteiger partial charge is 0.378 e. The Morgan fingerprint density at radius 1 is 1.17 bits per heavy atom. The number of aromatic nitrogens is 1. The van der Waals surface area contributed by atoms with E-state index in [4.69, 9.17) is 4.74 Å². The Hall–Kier alpha value is -2.40. The fourth-order valence-electron chi connectivity index (χ4n) is 2.70. The molecule has 0 bridgehead atoms. The molecule has 5 heteroatoms. The van der Waals surface area contributed by atoms with E-state index in [1.165, 1.54) is 0 Å². The fraction of sp³-hybridized carbons (Fsp3) is 0.368. The SMILES string of the molecule is CC(C)c1cccc(C(=O)Nc2cccc(N3CCOCC3)c2)n1. The number of carbonyl (C=O) groups excluding carboxylic acids is 1. The molecular weight excluding hydrogens is 302 g/mol. The molecule has 3 rings (SSSR count). The number of nitrogens with one attached hydrogen (secondary N) is 1. The predicted octanol–water partition coefficient (Wildman–Crippen LogP) is 3.29. The maximum Gasteiger partial charge on any atom is 0.274 e. The summed E-state index contributed by atoms with van der Waals surface area (Å²) in [6.45, 7) is 7.35. The van der Waals surface area contributed by atoms with Crippen molar-refractivity contribution in [1.29, 1.82) is 0 Å². The molecule has 0 aliphatic carbocycles. The highest BCUT2D eigenvalue weighted by Crippen LogP contribution is 2.21. The molecule has 1 aromatic carbocycles. The minimum Gasteiger partial charge on any atom is -0.378 e. The number of rotatable bonds is 4. The first-order valence-electron chi connectivity index (χ1n) is 8.34. The summed E-state index contributed by atoms with van der Waals surface area (Å²) in [4.78, 5) is 19.2. The van der Waals surface area contributed by atoms with Gasteiger partial charge in [0, 0.05) is 30.2 Å². The van der Waals surface area contributed by atoms with Crippen LogP contribution in [0.4, 0.5) is 11.4 Å². The van der Waals surface area contributed by atoms with Crippen molar-refractivity contribution >= 4 is 17.3 Å². The molecule has 0 unspecified atom stereocenters. The standard InChI is InChI=1S/C19H23N3O2/c1-14(2)17-7-4-8-18(21-17)19(23)20-15-5-3-6-16(13-15)22-9-11-24-12-10-22/h3-8,13-14H,9-12H2,1-2H3,(H,20,23). The van der Waals surface area contributed by atoms with E-state index < -0.39 is 0 Å². The molecule has 1 saturated heterocycles. The molecule has 126 valence electrons. The van der Waals surface area contributed by atoms with Crippen LogP contribution in [-0.2, 0) is 4.74 Å². The molecule has 24 heavy (non-hydrogen) atoms. The molecule has 1 aliphatic heterocycles. The van der Waals surface area contributed by atoms with Crippen LogP contribution in [0.1, 0.15) is 35.9 Å². The Bertz CT molecular complexity index is 709. The van der Waals surface area contributed by atoms with Crippen LogP contribution in [0, 0.1) is 0 Å². The van der Waals surface area contributed by atoms with Gasteiger partial charge in [-0.15, -0.1) is 0 Å². The summed E-state index contributed by atoms with van der Waals surface area (Å²) in [5.74, 6) is 0.110. The summed E-state index contributed by atoms with van der Waals surface area (Å²) in [7, 11) is 0. The molecule has 2 heterocycles. The molecule has 0 atom stereocenters. The number of hydrogen-bond acceptors (Lipinski definition) is 4. The number of pyridine rings is 1. The van der Waals surface area contributed by atoms with E-state index in [1.807, 2.05) is 30.3 Å². The van der Waals surface area contributed by atoms with Crippen molar-refractivity contribution in [3.05, 3.63) is 53.9 Å². The van der Waals surface area contributed by atoms with Gasteiger partial charge >= 0.3 is 0 Å². The molecular formula is C19H23N3O2. The third-order valence-electron chi connectivity index (χ3n) is 4.08. The van der Waals surface area contributed by atoms with Crippen LogP contribution in [0.2, 0.25) is 0 Å². The van der Waals surface area contributed by atoms with Gasteiger partial charge in [-0.3, -0.25) is 4.79 Å². The topological polar surface area (TPSA) is 54.5 Å². The van der Waals surface area contributed by atoms with Crippen LogP contribution in [0.5, 0.6) is 0 Å². The maximum atomic E-state index is 12.5. The molecule has 5 nitrogen and oxygen atoms in total. The van der Waals surface area contributed by atoms with Crippen molar-refractivity contribution in [3.63, 3.8) is 0 Å². The summed E-state index contributed by atoms with van der Waals surface area (Å²) >= 11 is 0. The highest BCUT2D eigenvalue weighted by Gasteiger charge is 2.13. The lowest BCUT2D eigenvalue weighted by Gasteiger charge is -2.29. The molecule has 1 aromatic heterocycles. The molecule has 1 fully saturated rings. The zero-order valence-corrected chi connectivity index (χ0v) is 14.2. The van der Waals surface area contributed by atoms with E-state index in [-0.39, 0.29) is 5.91 Å². The lowest BCUT2D eigenvalue weighted by molar-refractivity contribution is 0.102. The van der Waals surface area contributed by atoms with Crippen molar-refractivity contribution in [3.8, 4) is 0 Å². The monoisotopic (exact) mass is 325 g/mol. The average Bonchev–Trinajstić information content (AvgIpc) is 2.63. The predicted molar refractivity (Wildman–Crippen MR) is 95.8 cm³/mol. The number of amides is 1. The van der Waals surface area contributed by atoms with Gasteiger partial charge in [0.15, 0.2) is 0 Å². The highest BCUT2D eigenvalue weighted by atomic mass is 16.5. The molecule has 2 aromatic rings. The van der Waals surface area contributed by atoms with Crippen LogP contribution < -0.4 is 10.2 Å². The first kappa shape index (κ1) is 16.5. The summed E-state index contributed by atoms with van der Waals surface area (Å²) in [6, 6.07) is 13.5. The van der Waals surface area contributed by atoms with Crippen LogP contribution in [0.15, 0.2) is 42.5 Å². The fourth-order valence-corrected chi connectivity index (χ4v) is 2.70. The average molecular weight is 325 g/mol. The second kappa shape index (κ2) is 7.45. The maximum absolute atomic E-state index is 12.5. The van der Waals surface area contributed by atoms with Gasteiger partial charge in [-0.05, 0) is 36.2 Å². The first-order chi connectivity index (χ1) is 11.6. The van der Waals surface area contributed by atoms with Gasteiger partial charge < -0.3 is 15.0 Å². The Kier molecular flexibility index (Phi) is 5.11. The smallest absolute Gasteiger partial charge is 0.274 e. The van der Waals surface area contributed by atoms with E-state index >= 15 is 0 Å². The van der Waals surface area contributed by atoms with Crippen molar-refractivity contribution in [2.75, 3.05) is 36.5 Å². The highest BCUT2D eigenvalue weighted by molar-refractivity contribution is 6.03. The zero-order valence-electron chi connectivity index (χ0n) is 14.2. The molecule has 0 saturated carbocycles. The van der Waals surface area contributed by atoms with Gasteiger partial charge in [0.2, 0.25) is 0 Å². The first-order valence-corrected chi connectivity index (χ1v) is 8.34. The second-order valence-electron chi connectivity index (χ2n) is 6.21. The second-order valence-corrected chi connectivity index (χ2v) is 6.21. The van der Waals surface area contributed by atoms with E-state index in [9.17, 15) is 4.79 Å². The molecule has 1 N–H and O–H groups in total. The lowest BCUT2D eigenvalue weighted by atomic mass is 10.1. The van der Waals surface area contributed by atoms with Gasteiger partial charge in [0.05, 0.1) is 13.2 Å². The number of hydrogen-bond donors (Lipinski definition) is 1. The van der Waals surface area contributed by atoms with Gasteiger partial charge in [0.25, 0.3) is 5.91 Å². The van der Waals surface area contributed by atoms with E-state index in [2.05, 4.69) is 35.1 Å². The quantitative estimate of drug-likeness (QED) is 0.937. The summed E-state index contributed by atoms with van der Waals surface area (Å²) in [6.07, 6.45) is 0. The van der Waals surface area contributed by atoms with E-state index in [1.54, 1.807) is 6.07 Å². The Balaban J connectivity index is 1.73. The molecule has 0 radical (unpaired) electrons. The Morgan fingerprint density at radius 2 is 1.92 bits per heavy atom. The minimum absolute atomic E-state index is 0.184. The van der Waals surface area contributed by atoms with Gasteiger partial charge in [0.1, 0.15) is 5.69 Å². The number of nitrogens with zero attached hydrogens (tertiary/aromatic N) is 2. The van der Waals surface area contributed by atoms with Crippen LogP contribution >= 0.6 is 0 Å². The Labute approximate surface area is 142 Å². The number of benzene rings is 1. The van der Waals surface area contributed by atoms with Gasteiger partial charge in [-0.2, -0.15) is 0 Å². The van der Waals surface area contributed by atoms with Crippen molar-refractivity contribution < 1.29 is 9.53 Å². The van der Waals surface area contributed by atoms with Gasteiger partial charge in [-0.1, -0.05) is 26.0 Å². The van der Waals surface area contributed by atoms with Crippen molar-refractivity contribution in [2.45, 2.75) is 19.8 Å². The number of morpholine rings is 1. The van der Waals surface area contributed by atoms with Crippen molar-refractivity contribution in [1.82, 2.24) is 4.98 Å². The van der Waals surface area contributed by atoms with Crippen molar-refractivity contribution in [2.24, 2.45) is 0 Å². The summed E-state index contributed by atoms with van der Waals surface area (Å²) in [5, 5.41) is 2.94. The summed E-state index contributed by atoms with van der Waals surface area (Å²) < 4.78 is 5.38. The normalized spacial score (nSPS) is 14.7. The van der Waals surface area contributed by atoms with Crippen LogP contribution in [0.3, 0.4) is 0 Å². The lowest BCUT2D eigenvalue weighted by Crippen LogP contribution is -2.36. The van der Waals surface area contributed by atoms with E-state index in [0.29, 0.717) is 11.6 Å². The number of anilines is 2. The molecule has 1 amide bonds. The number of ether oxygens (including phenoxy) is 1. The third kappa shape index (κ3) is 3.92. The van der Waals surface area contributed by atoms with Crippen LogP contribution in [-0.4, -0.2) is 37.2 Å². The number of carbonyl (C=O) groups is 1. The Morgan fingerprint density at radius 3 is 2.67 bits per heavy atom. The third-order valence-corrected chi connectivity index (χ3v) is 4.08. The summed E-state index contributed by atoms with van der Waals surface area (Å²) in [5.41, 5.74) is 3.24. The van der Waals surface area contributed by atoms with Gasteiger partial charge in [-0.25, -0.2) is 4.98 Å². The minimum atomic E-state index is -0.184. The molecule has 1 aliphatic rings. The van der Waals surface area contributed by atoms with Crippen LogP contribution in [0.25, 0.3) is 0 Å². The molecule has 0 spiro atoms. The van der Waals surface area contributed by atoms with E-state index in [0.717, 1.165) is 43.4 Å².